The van der Waals surface area contributed by atoms with Crippen molar-refractivity contribution in [1.82, 2.24) is 5.32 Å². The Labute approximate surface area is 110 Å². The molecule has 0 saturated heterocycles. The summed E-state index contributed by atoms with van der Waals surface area (Å²) in [5.74, 6) is 4.71. The molecule has 0 heterocycles. The van der Waals surface area contributed by atoms with Gasteiger partial charge in [-0.05, 0) is 42.0 Å². The number of carbonyl (C=O) groups excluding carboxylic acids is 1. The van der Waals surface area contributed by atoms with Gasteiger partial charge in [-0.1, -0.05) is 12.1 Å². The van der Waals surface area contributed by atoms with Gasteiger partial charge in [0.2, 0.25) is 0 Å². The molecule has 2 rings (SSSR count). The van der Waals surface area contributed by atoms with E-state index in [1.165, 1.54) is 12.1 Å². The fraction of sp³-hybridized carbons (Fsp3) is 0.0714. The summed E-state index contributed by atoms with van der Waals surface area (Å²) in [6, 6.07) is 12.9. The number of hydrogen-bond donors (Lipinski definition) is 3. The van der Waals surface area contributed by atoms with E-state index in [1.54, 1.807) is 36.4 Å². The number of halogens is 1. The molecule has 98 valence electrons. The van der Waals surface area contributed by atoms with Gasteiger partial charge < -0.3 is 10.7 Å². The van der Waals surface area contributed by atoms with Gasteiger partial charge in [-0.3, -0.25) is 10.6 Å². The second-order valence-electron chi connectivity index (χ2n) is 4.03. The van der Waals surface area contributed by atoms with Crippen molar-refractivity contribution < 1.29 is 9.18 Å². The molecule has 19 heavy (non-hydrogen) atoms. The molecule has 0 unspecified atom stereocenters. The molecule has 0 aliphatic rings. The van der Waals surface area contributed by atoms with Gasteiger partial charge in [0, 0.05) is 17.8 Å². The number of hydrogen-bond acceptors (Lipinski definition) is 3. The quantitative estimate of drug-likeness (QED) is 0.581. The number of nitrogens with one attached hydrogen (secondary N) is 2. The number of amides is 1. The summed E-state index contributed by atoms with van der Waals surface area (Å²) < 4.78 is 13.0. The van der Waals surface area contributed by atoms with Crippen LogP contribution in [0.3, 0.4) is 0 Å². The highest BCUT2D eigenvalue weighted by atomic mass is 19.1. The largest absolute Gasteiger partial charge is 0.348 e. The van der Waals surface area contributed by atoms with Gasteiger partial charge in [0.25, 0.3) is 5.91 Å². The number of carbonyl (C=O) groups is 1. The Bertz CT molecular complexity index is 569. The van der Waals surface area contributed by atoms with Crippen LogP contribution in [-0.2, 0) is 6.54 Å². The highest BCUT2D eigenvalue weighted by Crippen LogP contribution is 2.08. The number of nitrogen functional groups attached to an aromatic ring is 1. The Morgan fingerprint density at radius 1 is 1.16 bits per heavy atom. The van der Waals surface area contributed by atoms with Crippen molar-refractivity contribution in [3.05, 3.63) is 65.5 Å². The molecule has 1 amide bonds. The maximum Gasteiger partial charge on any atom is 0.251 e. The van der Waals surface area contributed by atoms with Crippen molar-refractivity contribution in [3.8, 4) is 0 Å². The molecule has 0 bridgehead atoms. The topological polar surface area (TPSA) is 67.1 Å². The van der Waals surface area contributed by atoms with Gasteiger partial charge in [-0.25, -0.2) is 4.39 Å². The first kappa shape index (κ1) is 13.0. The Balaban J connectivity index is 1.97. The van der Waals surface area contributed by atoms with E-state index in [-0.39, 0.29) is 18.3 Å². The van der Waals surface area contributed by atoms with Crippen LogP contribution in [0.25, 0.3) is 0 Å². The van der Waals surface area contributed by atoms with Crippen molar-refractivity contribution in [2.24, 2.45) is 5.84 Å². The van der Waals surface area contributed by atoms with Crippen molar-refractivity contribution in [3.63, 3.8) is 0 Å². The lowest BCUT2D eigenvalue weighted by molar-refractivity contribution is 0.0951. The minimum Gasteiger partial charge on any atom is -0.348 e. The molecule has 0 atom stereocenters. The number of benzene rings is 2. The number of rotatable bonds is 4. The first-order valence-electron chi connectivity index (χ1n) is 5.78. The Morgan fingerprint density at radius 2 is 1.89 bits per heavy atom. The average molecular weight is 259 g/mol. The van der Waals surface area contributed by atoms with Gasteiger partial charge in [0.15, 0.2) is 0 Å². The SMILES string of the molecule is NNc1ccc(C(=O)NCc2cccc(F)c2)cc1. The summed E-state index contributed by atoms with van der Waals surface area (Å²) in [5.41, 5.74) is 4.45. The van der Waals surface area contributed by atoms with Gasteiger partial charge in [0.1, 0.15) is 5.82 Å². The molecule has 0 fully saturated rings. The maximum absolute atomic E-state index is 13.0. The lowest BCUT2D eigenvalue weighted by Crippen LogP contribution is -2.22. The summed E-state index contributed by atoms with van der Waals surface area (Å²) >= 11 is 0. The zero-order valence-electron chi connectivity index (χ0n) is 10.2. The maximum atomic E-state index is 13.0. The predicted molar refractivity (Wildman–Crippen MR) is 71.8 cm³/mol. The van der Waals surface area contributed by atoms with E-state index in [4.69, 9.17) is 5.84 Å². The standard InChI is InChI=1S/C14H14FN3O/c15-12-3-1-2-10(8-12)9-17-14(19)11-4-6-13(18-16)7-5-11/h1-8,18H,9,16H2,(H,17,19). The molecule has 4 nitrogen and oxygen atoms in total. The van der Waals surface area contributed by atoms with E-state index < -0.39 is 0 Å². The average Bonchev–Trinajstić information content (AvgIpc) is 2.45. The summed E-state index contributed by atoms with van der Waals surface area (Å²) in [6.07, 6.45) is 0. The van der Waals surface area contributed by atoms with Crippen molar-refractivity contribution >= 4 is 11.6 Å². The molecule has 0 saturated carbocycles. The zero-order valence-corrected chi connectivity index (χ0v) is 10.2. The minimum atomic E-state index is -0.315. The minimum absolute atomic E-state index is 0.215. The highest BCUT2D eigenvalue weighted by molar-refractivity contribution is 5.94. The zero-order chi connectivity index (χ0) is 13.7. The van der Waals surface area contributed by atoms with Crippen LogP contribution in [0.2, 0.25) is 0 Å². The third kappa shape index (κ3) is 3.53. The van der Waals surface area contributed by atoms with Gasteiger partial charge in [-0.2, -0.15) is 0 Å². The number of nitrogens with two attached hydrogens (primary N) is 1. The van der Waals surface area contributed by atoms with Crippen molar-refractivity contribution in [2.75, 3.05) is 5.43 Å². The van der Waals surface area contributed by atoms with E-state index in [1.807, 2.05) is 0 Å². The fourth-order valence-electron chi connectivity index (χ4n) is 1.65. The Kier molecular flexibility index (Phi) is 4.10. The second-order valence-corrected chi connectivity index (χ2v) is 4.03. The van der Waals surface area contributed by atoms with Crippen LogP contribution >= 0.6 is 0 Å². The van der Waals surface area contributed by atoms with E-state index in [0.717, 1.165) is 5.69 Å². The van der Waals surface area contributed by atoms with Crippen LogP contribution < -0.4 is 16.6 Å². The predicted octanol–water partition coefficient (Wildman–Crippen LogP) is 2.04. The Morgan fingerprint density at radius 3 is 2.53 bits per heavy atom. The van der Waals surface area contributed by atoms with Gasteiger partial charge in [0.05, 0.1) is 0 Å². The van der Waals surface area contributed by atoms with E-state index in [0.29, 0.717) is 11.1 Å². The molecule has 5 heteroatoms. The normalized spacial score (nSPS) is 10.0. The monoisotopic (exact) mass is 259 g/mol. The van der Waals surface area contributed by atoms with Crippen LogP contribution in [0.5, 0.6) is 0 Å². The summed E-state index contributed by atoms with van der Waals surface area (Å²) in [5, 5.41) is 2.72. The first-order chi connectivity index (χ1) is 9.19. The molecule has 0 radical (unpaired) electrons. The van der Waals surface area contributed by atoms with Crippen LogP contribution in [0.15, 0.2) is 48.5 Å². The molecule has 0 aliphatic carbocycles. The fourth-order valence-corrected chi connectivity index (χ4v) is 1.65. The molecular formula is C14H14FN3O. The van der Waals surface area contributed by atoms with E-state index in [9.17, 15) is 9.18 Å². The van der Waals surface area contributed by atoms with Gasteiger partial charge >= 0.3 is 0 Å². The van der Waals surface area contributed by atoms with Crippen LogP contribution in [0, 0.1) is 5.82 Å². The lowest BCUT2D eigenvalue weighted by atomic mass is 10.2. The van der Waals surface area contributed by atoms with E-state index in [2.05, 4.69) is 10.7 Å². The number of anilines is 1. The summed E-state index contributed by atoms with van der Waals surface area (Å²) in [4.78, 5) is 11.8. The third-order valence-electron chi connectivity index (χ3n) is 2.66. The lowest BCUT2D eigenvalue weighted by Gasteiger charge is -2.06. The third-order valence-corrected chi connectivity index (χ3v) is 2.66. The van der Waals surface area contributed by atoms with Gasteiger partial charge in [-0.15, -0.1) is 0 Å². The molecule has 0 spiro atoms. The molecule has 0 aliphatic heterocycles. The smallest absolute Gasteiger partial charge is 0.251 e. The van der Waals surface area contributed by atoms with Crippen molar-refractivity contribution in [1.29, 1.82) is 0 Å². The molecule has 0 aromatic heterocycles. The Hall–Kier alpha value is -2.40. The second kappa shape index (κ2) is 5.97. The van der Waals surface area contributed by atoms with Crippen molar-refractivity contribution in [2.45, 2.75) is 6.54 Å². The number of hydrazine groups is 1. The van der Waals surface area contributed by atoms with Crippen LogP contribution in [0.1, 0.15) is 15.9 Å². The molecule has 2 aromatic carbocycles. The van der Waals surface area contributed by atoms with Crippen LogP contribution in [0.4, 0.5) is 10.1 Å². The molecular weight excluding hydrogens is 245 g/mol. The first-order valence-corrected chi connectivity index (χ1v) is 5.78. The highest BCUT2D eigenvalue weighted by Gasteiger charge is 2.05. The van der Waals surface area contributed by atoms with E-state index >= 15 is 0 Å². The van der Waals surface area contributed by atoms with Crippen LogP contribution in [-0.4, -0.2) is 5.91 Å². The molecule has 2 aromatic rings. The summed E-state index contributed by atoms with van der Waals surface area (Å²) in [7, 11) is 0. The molecule has 4 N–H and O–H groups in total. The summed E-state index contributed by atoms with van der Waals surface area (Å²) in [6.45, 7) is 0.285.